The molecule has 1 nitrogen and oxygen atoms in total. The quantitative estimate of drug-likeness (QED) is 0.709. The minimum absolute atomic E-state index is 0.271. The lowest BCUT2D eigenvalue weighted by Gasteiger charge is -2.09. The lowest BCUT2D eigenvalue weighted by molar-refractivity contribution is -0.116. The number of aryl methyl sites for hydroxylation is 2. The van der Waals surface area contributed by atoms with Crippen molar-refractivity contribution in [2.24, 2.45) is 0 Å². The summed E-state index contributed by atoms with van der Waals surface area (Å²) >= 11 is 5.04. The Morgan fingerprint density at radius 1 is 1.10 bits per heavy atom. The average molecular weight is 349 g/mol. The Labute approximate surface area is 132 Å². The van der Waals surface area contributed by atoms with Gasteiger partial charge in [0.25, 0.3) is 0 Å². The van der Waals surface area contributed by atoms with E-state index in [-0.39, 0.29) is 5.78 Å². The molecular formula is C17H17BrOS. The van der Waals surface area contributed by atoms with E-state index in [1.54, 1.807) is 11.8 Å². The number of ketones is 1. The molecule has 2 aromatic carbocycles. The number of carbonyl (C=O) groups excluding carboxylic acids is 1. The normalized spacial score (nSPS) is 10.6. The zero-order chi connectivity index (χ0) is 14.5. The molecule has 3 heteroatoms. The van der Waals surface area contributed by atoms with E-state index in [1.807, 2.05) is 30.3 Å². The summed E-state index contributed by atoms with van der Waals surface area (Å²) in [5.41, 5.74) is 3.57. The first-order valence-electron chi connectivity index (χ1n) is 6.51. The fourth-order valence-electron chi connectivity index (χ4n) is 2.10. The molecule has 0 aliphatic heterocycles. The van der Waals surface area contributed by atoms with Crippen LogP contribution in [-0.4, -0.2) is 11.5 Å². The second-order valence-electron chi connectivity index (χ2n) is 4.83. The molecule has 0 fully saturated rings. The van der Waals surface area contributed by atoms with Gasteiger partial charge in [0, 0.05) is 15.8 Å². The molecule has 0 aliphatic carbocycles. The number of benzene rings is 2. The van der Waals surface area contributed by atoms with Crippen LogP contribution in [0.4, 0.5) is 0 Å². The van der Waals surface area contributed by atoms with Crippen LogP contribution in [-0.2, 0) is 11.2 Å². The highest BCUT2D eigenvalue weighted by molar-refractivity contribution is 9.10. The minimum Gasteiger partial charge on any atom is -0.298 e. The van der Waals surface area contributed by atoms with Crippen LogP contribution < -0.4 is 0 Å². The van der Waals surface area contributed by atoms with Crippen molar-refractivity contribution < 1.29 is 4.79 Å². The highest BCUT2D eigenvalue weighted by Crippen LogP contribution is 2.23. The molecule has 0 atom stereocenters. The molecule has 0 unspecified atom stereocenters. The molecule has 0 amide bonds. The minimum atomic E-state index is 0.271. The molecule has 0 aliphatic rings. The van der Waals surface area contributed by atoms with Gasteiger partial charge in [0.15, 0.2) is 0 Å². The van der Waals surface area contributed by atoms with Gasteiger partial charge in [0.2, 0.25) is 0 Å². The van der Waals surface area contributed by atoms with E-state index in [1.165, 1.54) is 16.7 Å². The monoisotopic (exact) mass is 348 g/mol. The standard InChI is InChI=1S/C17H17BrOS/c1-12-5-3-6-13(2)17(12)10-15(19)11-20-16-8-4-7-14(18)9-16/h3-9H,10-11H2,1-2H3. The maximum absolute atomic E-state index is 12.1. The van der Waals surface area contributed by atoms with E-state index < -0.39 is 0 Å². The van der Waals surface area contributed by atoms with Crippen molar-refractivity contribution in [3.63, 3.8) is 0 Å². The summed E-state index contributed by atoms with van der Waals surface area (Å²) in [6.07, 6.45) is 0.527. The Morgan fingerprint density at radius 2 is 1.75 bits per heavy atom. The van der Waals surface area contributed by atoms with Crippen LogP contribution in [0.15, 0.2) is 51.8 Å². The molecule has 2 aromatic rings. The number of halogens is 1. The molecule has 2 rings (SSSR count). The van der Waals surface area contributed by atoms with Gasteiger partial charge in [-0.2, -0.15) is 0 Å². The van der Waals surface area contributed by atoms with Crippen molar-refractivity contribution in [1.82, 2.24) is 0 Å². The topological polar surface area (TPSA) is 17.1 Å². The van der Waals surface area contributed by atoms with E-state index in [2.05, 4.69) is 41.9 Å². The fourth-order valence-corrected chi connectivity index (χ4v) is 3.46. The van der Waals surface area contributed by atoms with E-state index in [0.717, 1.165) is 9.37 Å². The molecule has 0 aromatic heterocycles. The van der Waals surface area contributed by atoms with Crippen LogP contribution in [0.3, 0.4) is 0 Å². The van der Waals surface area contributed by atoms with E-state index >= 15 is 0 Å². The number of rotatable bonds is 5. The first kappa shape index (κ1) is 15.3. The van der Waals surface area contributed by atoms with Gasteiger partial charge >= 0.3 is 0 Å². The summed E-state index contributed by atoms with van der Waals surface area (Å²) in [6, 6.07) is 14.2. The Morgan fingerprint density at radius 3 is 2.40 bits per heavy atom. The maximum atomic E-state index is 12.1. The molecule has 20 heavy (non-hydrogen) atoms. The van der Waals surface area contributed by atoms with Crippen LogP contribution in [0.1, 0.15) is 16.7 Å². The fraction of sp³-hybridized carbons (Fsp3) is 0.235. The van der Waals surface area contributed by atoms with Crippen LogP contribution in [0.25, 0.3) is 0 Å². The first-order valence-corrected chi connectivity index (χ1v) is 8.29. The van der Waals surface area contributed by atoms with Crippen LogP contribution in [0, 0.1) is 13.8 Å². The summed E-state index contributed by atoms with van der Waals surface area (Å²) in [6.45, 7) is 4.13. The number of hydrogen-bond acceptors (Lipinski definition) is 2. The second-order valence-corrected chi connectivity index (χ2v) is 6.80. The lowest BCUT2D eigenvalue weighted by atomic mass is 9.99. The number of thioether (sulfide) groups is 1. The highest BCUT2D eigenvalue weighted by atomic mass is 79.9. The second kappa shape index (κ2) is 7.09. The van der Waals surface area contributed by atoms with Gasteiger partial charge in [-0.25, -0.2) is 0 Å². The zero-order valence-electron chi connectivity index (χ0n) is 11.7. The Balaban J connectivity index is 1.96. The predicted octanol–water partition coefficient (Wildman–Crippen LogP) is 4.97. The van der Waals surface area contributed by atoms with Crippen molar-refractivity contribution in [1.29, 1.82) is 0 Å². The maximum Gasteiger partial charge on any atom is 0.147 e. The zero-order valence-corrected chi connectivity index (χ0v) is 14.1. The Bertz CT molecular complexity index is 602. The number of carbonyl (C=O) groups is 1. The lowest BCUT2D eigenvalue weighted by Crippen LogP contribution is -2.08. The number of hydrogen-bond donors (Lipinski definition) is 0. The van der Waals surface area contributed by atoms with E-state index in [4.69, 9.17) is 0 Å². The van der Waals surface area contributed by atoms with Gasteiger partial charge in [-0.3, -0.25) is 4.79 Å². The van der Waals surface area contributed by atoms with Gasteiger partial charge < -0.3 is 0 Å². The SMILES string of the molecule is Cc1cccc(C)c1CC(=O)CSc1cccc(Br)c1. The Kier molecular flexibility index (Phi) is 5.44. The van der Waals surface area contributed by atoms with E-state index in [9.17, 15) is 4.79 Å². The first-order chi connectivity index (χ1) is 9.56. The smallest absolute Gasteiger partial charge is 0.147 e. The van der Waals surface area contributed by atoms with E-state index in [0.29, 0.717) is 12.2 Å². The van der Waals surface area contributed by atoms with Gasteiger partial charge in [-0.05, 0) is 48.7 Å². The Hall–Kier alpha value is -1.06. The molecule has 0 bridgehead atoms. The molecule has 0 spiro atoms. The predicted molar refractivity (Wildman–Crippen MR) is 89.5 cm³/mol. The largest absolute Gasteiger partial charge is 0.298 e. The molecule has 104 valence electrons. The molecule has 0 heterocycles. The molecule has 0 radical (unpaired) electrons. The van der Waals surface area contributed by atoms with Crippen LogP contribution in [0.5, 0.6) is 0 Å². The van der Waals surface area contributed by atoms with Crippen molar-refractivity contribution >= 4 is 33.5 Å². The third-order valence-corrected chi connectivity index (χ3v) is 4.76. The summed E-state index contributed by atoms with van der Waals surface area (Å²) in [4.78, 5) is 13.3. The van der Waals surface area contributed by atoms with Crippen molar-refractivity contribution in [2.45, 2.75) is 25.2 Å². The summed E-state index contributed by atoms with van der Waals surface area (Å²) in [5, 5.41) is 0. The highest BCUT2D eigenvalue weighted by Gasteiger charge is 2.09. The summed E-state index contributed by atoms with van der Waals surface area (Å²) < 4.78 is 1.05. The third-order valence-electron chi connectivity index (χ3n) is 3.21. The van der Waals surface area contributed by atoms with Crippen LogP contribution in [0.2, 0.25) is 0 Å². The van der Waals surface area contributed by atoms with Crippen molar-refractivity contribution in [3.8, 4) is 0 Å². The molecule has 0 saturated carbocycles. The molecule has 0 saturated heterocycles. The van der Waals surface area contributed by atoms with Gasteiger partial charge in [-0.15, -0.1) is 11.8 Å². The average Bonchev–Trinajstić information content (AvgIpc) is 2.41. The van der Waals surface area contributed by atoms with Gasteiger partial charge in [0.1, 0.15) is 5.78 Å². The number of Topliss-reactive ketones (excluding diaryl/α,β-unsaturated/α-hetero) is 1. The van der Waals surface area contributed by atoms with Crippen molar-refractivity contribution in [3.05, 3.63) is 63.6 Å². The molecule has 0 N–H and O–H groups in total. The van der Waals surface area contributed by atoms with Crippen LogP contribution >= 0.6 is 27.7 Å². The van der Waals surface area contributed by atoms with Crippen molar-refractivity contribution in [2.75, 3.05) is 5.75 Å². The molecular weight excluding hydrogens is 332 g/mol. The summed E-state index contributed by atoms with van der Waals surface area (Å²) in [7, 11) is 0. The third kappa shape index (κ3) is 4.22. The summed E-state index contributed by atoms with van der Waals surface area (Å²) in [5.74, 6) is 0.789. The van der Waals surface area contributed by atoms with Gasteiger partial charge in [-0.1, -0.05) is 40.2 Å². The van der Waals surface area contributed by atoms with Gasteiger partial charge in [0.05, 0.1) is 5.75 Å².